The molecule has 120 valence electrons. The fourth-order valence-corrected chi connectivity index (χ4v) is 1.81. The van der Waals surface area contributed by atoms with Crippen LogP contribution in [0.4, 0.5) is 11.5 Å². The predicted molar refractivity (Wildman–Crippen MR) is 88.0 cm³/mol. The van der Waals surface area contributed by atoms with Crippen molar-refractivity contribution in [2.45, 2.75) is 0 Å². The number of nitrogens with one attached hydrogen (secondary N) is 2. The molecule has 0 fully saturated rings. The van der Waals surface area contributed by atoms with E-state index in [0.29, 0.717) is 5.82 Å². The van der Waals surface area contributed by atoms with Gasteiger partial charge in [0.2, 0.25) is 0 Å². The highest BCUT2D eigenvalue weighted by molar-refractivity contribution is 6.09. The van der Waals surface area contributed by atoms with Crippen LogP contribution in [-0.4, -0.2) is 24.0 Å². The Balaban J connectivity index is 2.16. The van der Waals surface area contributed by atoms with Crippen molar-refractivity contribution in [2.24, 2.45) is 0 Å². The lowest BCUT2D eigenvalue weighted by atomic mass is 10.1. The number of hydrogen-bond donors (Lipinski definition) is 2. The number of benzene rings is 1. The maximum atomic E-state index is 12.2. The van der Waals surface area contributed by atoms with Crippen molar-refractivity contribution in [2.75, 3.05) is 17.7 Å². The van der Waals surface area contributed by atoms with Crippen LogP contribution in [0.1, 0.15) is 10.4 Å². The number of amides is 1. The second kappa shape index (κ2) is 8.10. The number of rotatable bonds is 5. The van der Waals surface area contributed by atoms with Crippen LogP contribution < -0.4 is 10.6 Å². The van der Waals surface area contributed by atoms with Gasteiger partial charge in [0.05, 0.1) is 18.4 Å². The zero-order valence-corrected chi connectivity index (χ0v) is 12.8. The van der Waals surface area contributed by atoms with E-state index < -0.39 is 11.9 Å². The molecule has 7 nitrogen and oxygen atoms in total. The van der Waals surface area contributed by atoms with Gasteiger partial charge in [-0.2, -0.15) is 5.26 Å². The second-order valence-electron chi connectivity index (χ2n) is 4.52. The molecule has 0 radical (unpaired) electrons. The largest absolute Gasteiger partial charge is 0.465 e. The number of nitrogens with zero attached hydrogens (tertiary/aromatic N) is 2. The van der Waals surface area contributed by atoms with E-state index in [1.807, 2.05) is 0 Å². The Bertz CT molecular complexity index is 810. The lowest BCUT2D eigenvalue weighted by Gasteiger charge is -2.09. The molecule has 0 aliphatic carbocycles. The summed E-state index contributed by atoms with van der Waals surface area (Å²) in [7, 11) is 1.25. The number of carbonyl (C=O) groups excluding carboxylic acids is 2. The molecule has 0 unspecified atom stereocenters. The maximum absolute atomic E-state index is 12.2. The van der Waals surface area contributed by atoms with Crippen molar-refractivity contribution in [1.82, 2.24) is 4.98 Å². The second-order valence-corrected chi connectivity index (χ2v) is 4.52. The summed E-state index contributed by atoms with van der Waals surface area (Å²) in [4.78, 5) is 27.9. The van der Waals surface area contributed by atoms with Crippen LogP contribution in [0.3, 0.4) is 0 Å². The smallest absolute Gasteiger partial charge is 0.339 e. The summed E-state index contributed by atoms with van der Waals surface area (Å²) in [6, 6.07) is 13.4. The Labute approximate surface area is 138 Å². The number of anilines is 2. The zero-order valence-electron chi connectivity index (χ0n) is 12.8. The predicted octanol–water partition coefficient (Wildman–Crippen LogP) is 2.33. The number of esters is 1. The van der Waals surface area contributed by atoms with E-state index in [-0.39, 0.29) is 16.8 Å². The van der Waals surface area contributed by atoms with Gasteiger partial charge in [0, 0.05) is 12.4 Å². The molecular formula is C17H14N4O3. The van der Waals surface area contributed by atoms with E-state index >= 15 is 0 Å². The van der Waals surface area contributed by atoms with Gasteiger partial charge >= 0.3 is 5.97 Å². The summed E-state index contributed by atoms with van der Waals surface area (Å²) in [6.45, 7) is 0. The van der Waals surface area contributed by atoms with E-state index in [9.17, 15) is 9.59 Å². The topological polar surface area (TPSA) is 104 Å². The average molecular weight is 322 g/mol. The number of methoxy groups -OCH3 is 1. The van der Waals surface area contributed by atoms with Crippen molar-refractivity contribution in [3.05, 3.63) is 66.0 Å². The molecule has 0 bridgehead atoms. The van der Waals surface area contributed by atoms with Gasteiger partial charge in [0.25, 0.3) is 5.91 Å². The molecule has 0 atom stereocenters. The molecule has 24 heavy (non-hydrogen) atoms. The van der Waals surface area contributed by atoms with Crippen LogP contribution in [0.25, 0.3) is 0 Å². The van der Waals surface area contributed by atoms with E-state index in [1.54, 1.807) is 48.7 Å². The fourth-order valence-electron chi connectivity index (χ4n) is 1.81. The maximum Gasteiger partial charge on any atom is 0.339 e. The van der Waals surface area contributed by atoms with Gasteiger partial charge in [0.1, 0.15) is 17.5 Å². The number of pyridine rings is 1. The van der Waals surface area contributed by atoms with Crippen LogP contribution in [0.15, 0.2) is 60.4 Å². The Kier molecular flexibility index (Phi) is 5.64. The van der Waals surface area contributed by atoms with Crippen molar-refractivity contribution in [3.8, 4) is 6.07 Å². The SMILES string of the molecule is COC(=O)c1ccccc1NC(=O)/C(C#N)=C\Nc1ccccn1. The third kappa shape index (κ3) is 4.18. The highest BCUT2D eigenvalue weighted by Gasteiger charge is 2.15. The van der Waals surface area contributed by atoms with E-state index in [1.165, 1.54) is 19.4 Å². The zero-order chi connectivity index (χ0) is 17.4. The number of nitriles is 1. The van der Waals surface area contributed by atoms with E-state index in [4.69, 9.17) is 5.26 Å². The van der Waals surface area contributed by atoms with Gasteiger partial charge < -0.3 is 15.4 Å². The highest BCUT2D eigenvalue weighted by Crippen LogP contribution is 2.17. The molecule has 0 aliphatic rings. The molecular weight excluding hydrogens is 308 g/mol. The van der Waals surface area contributed by atoms with Crippen molar-refractivity contribution < 1.29 is 14.3 Å². The Hall–Kier alpha value is -3.66. The van der Waals surface area contributed by atoms with Gasteiger partial charge in [-0.15, -0.1) is 0 Å². The molecule has 0 spiro atoms. The first kappa shape index (κ1) is 16.7. The highest BCUT2D eigenvalue weighted by atomic mass is 16.5. The van der Waals surface area contributed by atoms with Crippen LogP contribution >= 0.6 is 0 Å². The molecule has 1 aromatic heterocycles. The van der Waals surface area contributed by atoms with Crippen LogP contribution in [0.2, 0.25) is 0 Å². The number of para-hydroxylation sites is 1. The standard InChI is InChI=1S/C17H14N4O3/c1-24-17(23)13-6-2-3-7-14(13)21-16(22)12(10-18)11-20-15-8-4-5-9-19-15/h2-9,11H,1H3,(H,19,20)(H,21,22)/b12-11-. The molecule has 7 heteroatoms. The van der Waals surface area contributed by atoms with Crippen molar-refractivity contribution in [3.63, 3.8) is 0 Å². The molecule has 1 aromatic carbocycles. The Morgan fingerprint density at radius 2 is 1.96 bits per heavy atom. The van der Waals surface area contributed by atoms with Gasteiger partial charge in [0.15, 0.2) is 0 Å². The van der Waals surface area contributed by atoms with Gasteiger partial charge in [-0.25, -0.2) is 9.78 Å². The van der Waals surface area contributed by atoms with Crippen molar-refractivity contribution >= 4 is 23.4 Å². The molecule has 1 amide bonds. The lowest BCUT2D eigenvalue weighted by Crippen LogP contribution is -2.17. The quantitative estimate of drug-likeness (QED) is 0.497. The van der Waals surface area contributed by atoms with Gasteiger partial charge in [-0.1, -0.05) is 18.2 Å². The molecule has 0 aliphatic heterocycles. The number of hydrogen-bond acceptors (Lipinski definition) is 6. The first-order valence-electron chi connectivity index (χ1n) is 6.92. The lowest BCUT2D eigenvalue weighted by molar-refractivity contribution is -0.112. The molecule has 1 heterocycles. The van der Waals surface area contributed by atoms with Gasteiger partial charge in [-0.05, 0) is 24.3 Å². The summed E-state index contributed by atoms with van der Waals surface area (Å²) in [5.74, 6) is -0.745. The third-order valence-corrected chi connectivity index (χ3v) is 2.97. The van der Waals surface area contributed by atoms with E-state index in [0.717, 1.165) is 0 Å². The Morgan fingerprint density at radius 3 is 2.62 bits per heavy atom. The molecule has 2 aromatic rings. The molecule has 0 saturated heterocycles. The summed E-state index contributed by atoms with van der Waals surface area (Å²) in [6.07, 6.45) is 2.83. The van der Waals surface area contributed by atoms with E-state index in [2.05, 4.69) is 20.4 Å². The minimum atomic E-state index is -0.655. The third-order valence-electron chi connectivity index (χ3n) is 2.97. The van der Waals surface area contributed by atoms with Crippen LogP contribution in [0, 0.1) is 11.3 Å². The van der Waals surface area contributed by atoms with Crippen LogP contribution in [0.5, 0.6) is 0 Å². The first-order chi connectivity index (χ1) is 11.7. The summed E-state index contributed by atoms with van der Waals surface area (Å²) >= 11 is 0. The van der Waals surface area contributed by atoms with Crippen LogP contribution in [-0.2, 0) is 9.53 Å². The van der Waals surface area contributed by atoms with Crippen molar-refractivity contribution in [1.29, 1.82) is 5.26 Å². The summed E-state index contributed by atoms with van der Waals surface area (Å²) in [5.41, 5.74) is 0.289. The average Bonchev–Trinajstić information content (AvgIpc) is 2.63. The summed E-state index contributed by atoms with van der Waals surface area (Å²) in [5, 5.41) is 14.4. The Morgan fingerprint density at radius 1 is 1.21 bits per heavy atom. The number of ether oxygens (including phenoxy) is 1. The normalized spacial score (nSPS) is 10.4. The number of carbonyl (C=O) groups is 2. The fraction of sp³-hybridized carbons (Fsp3) is 0.0588. The molecule has 2 N–H and O–H groups in total. The minimum Gasteiger partial charge on any atom is -0.465 e. The molecule has 0 saturated carbocycles. The monoisotopic (exact) mass is 322 g/mol. The minimum absolute atomic E-state index is 0.166. The molecule has 2 rings (SSSR count). The summed E-state index contributed by atoms with van der Waals surface area (Å²) < 4.78 is 4.66. The van der Waals surface area contributed by atoms with Gasteiger partial charge in [-0.3, -0.25) is 4.79 Å². The number of aromatic nitrogens is 1. The first-order valence-corrected chi connectivity index (χ1v) is 6.92.